The van der Waals surface area contributed by atoms with Crippen LogP contribution in [0.2, 0.25) is 0 Å². The lowest BCUT2D eigenvalue weighted by atomic mass is 9.94. The Morgan fingerprint density at radius 1 is 1.44 bits per heavy atom. The average Bonchev–Trinajstić information content (AvgIpc) is 2.55. The minimum atomic E-state index is -1.00. The molecule has 25 heavy (non-hydrogen) atoms. The van der Waals surface area contributed by atoms with Gasteiger partial charge in [0.15, 0.2) is 5.75 Å². The van der Waals surface area contributed by atoms with Crippen molar-refractivity contribution in [2.75, 3.05) is 13.7 Å². The fourth-order valence-electron chi connectivity index (χ4n) is 2.51. The van der Waals surface area contributed by atoms with Gasteiger partial charge in [-0.1, -0.05) is 0 Å². The minimum Gasteiger partial charge on any atom is -0.500 e. The molecule has 10 nitrogen and oxygen atoms in total. The number of benzene rings is 1. The number of amides is 2. The van der Waals surface area contributed by atoms with Gasteiger partial charge in [-0.3, -0.25) is 10.1 Å². The van der Waals surface area contributed by atoms with E-state index in [0.29, 0.717) is 0 Å². The first kappa shape index (κ1) is 18.0. The molecule has 0 saturated heterocycles. The van der Waals surface area contributed by atoms with Gasteiger partial charge in [-0.15, -0.1) is 0 Å². The quantitative estimate of drug-likeness (QED) is 0.415. The highest BCUT2D eigenvalue weighted by atomic mass is 16.6. The van der Waals surface area contributed by atoms with E-state index in [9.17, 15) is 24.8 Å². The van der Waals surface area contributed by atoms with Gasteiger partial charge in [0.1, 0.15) is 0 Å². The Hall–Kier alpha value is -3.30. The Kier molecular flexibility index (Phi) is 5.11. The van der Waals surface area contributed by atoms with Crippen molar-refractivity contribution in [1.29, 1.82) is 0 Å². The molecule has 1 heterocycles. The number of phenolic OH excluding ortho intramolecular Hbond substituents is 1. The van der Waals surface area contributed by atoms with E-state index in [-0.39, 0.29) is 29.2 Å². The number of aromatic hydroxyl groups is 1. The maximum atomic E-state index is 12.1. The maximum Gasteiger partial charge on any atom is 0.337 e. The number of nitro groups is 1. The first-order valence-corrected chi connectivity index (χ1v) is 7.30. The largest absolute Gasteiger partial charge is 0.500 e. The number of nitrogens with one attached hydrogen (secondary N) is 2. The van der Waals surface area contributed by atoms with E-state index in [2.05, 4.69) is 10.6 Å². The van der Waals surface area contributed by atoms with E-state index >= 15 is 0 Å². The lowest BCUT2D eigenvalue weighted by Crippen LogP contribution is -2.45. The molecule has 1 aromatic carbocycles. The molecule has 10 heteroatoms. The summed E-state index contributed by atoms with van der Waals surface area (Å²) in [5.74, 6) is -1.46. The molecule has 134 valence electrons. The molecule has 1 atom stereocenters. The molecule has 2 amide bonds. The number of esters is 1. The highest BCUT2D eigenvalue weighted by molar-refractivity contribution is 5.95. The molecule has 0 spiro atoms. The number of phenols is 1. The third kappa shape index (κ3) is 3.47. The maximum absolute atomic E-state index is 12.1. The zero-order valence-corrected chi connectivity index (χ0v) is 13.8. The van der Waals surface area contributed by atoms with E-state index in [4.69, 9.17) is 9.47 Å². The monoisotopic (exact) mass is 351 g/mol. The smallest absolute Gasteiger partial charge is 0.337 e. The molecule has 0 aromatic heterocycles. The van der Waals surface area contributed by atoms with E-state index in [1.165, 1.54) is 20.1 Å². The van der Waals surface area contributed by atoms with Crippen LogP contribution >= 0.6 is 0 Å². The molecule has 0 fully saturated rings. The molecule has 0 saturated carbocycles. The highest BCUT2D eigenvalue weighted by Crippen LogP contribution is 2.40. The van der Waals surface area contributed by atoms with Crippen LogP contribution in [0.5, 0.6) is 11.5 Å². The van der Waals surface area contributed by atoms with Crippen LogP contribution in [-0.2, 0) is 9.53 Å². The zero-order chi connectivity index (χ0) is 18.7. The summed E-state index contributed by atoms with van der Waals surface area (Å²) in [6.07, 6.45) is 0. The molecular formula is C15H17N3O7. The van der Waals surface area contributed by atoms with Gasteiger partial charge in [-0.05, 0) is 25.5 Å². The van der Waals surface area contributed by atoms with Gasteiger partial charge < -0.3 is 25.2 Å². The van der Waals surface area contributed by atoms with E-state index in [1.54, 1.807) is 6.92 Å². The van der Waals surface area contributed by atoms with Crippen molar-refractivity contribution in [1.82, 2.24) is 10.6 Å². The van der Waals surface area contributed by atoms with Gasteiger partial charge in [0.2, 0.25) is 5.75 Å². The van der Waals surface area contributed by atoms with Crippen LogP contribution in [0.15, 0.2) is 23.4 Å². The fourth-order valence-corrected chi connectivity index (χ4v) is 2.51. The number of ether oxygens (including phenoxy) is 2. The normalized spacial score (nSPS) is 16.8. The van der Waals surface area contributed by atoms with Crippen LogP contribution in [-0.4, -0.2) is 35.7 Å². The first-order valence-electron chi connectivity index (χ1n) is 7.30. The van der Waals surface area contributed by atoms with Gasteiger partial charge in [0.25, 0.3) is 0 Å². The van der Waals surface area contributed by atoms with Crippen LogP contribution in [0.1, 0.15) is 25.5 Å². The van der Waals surface area contributed by atoms with Crippen molar-refractivity contribution >= 4 is 17.7 Å². The number of carbonyl (C=O) groups excluding carboxylic acids is 2. The van der Waals surface area contributed by atoms with Crippen molar-refractivity contribution in [3.63, 3.8) is 0 Å². The summed E-state index contributed by atoms with van der Waals surface area (Å²) in [4.78, 5) is 34.3. The third-order valence-electron chi connectivity index (χ3n) is 3.58. The molecule has 0 bridgehead atoms. The summed E-state index contributed by atoms with van der Waals surface area (Å²) in [5.41, 5.74) is -0.0584. The summed E-state index contributed by atoms with van der Waals surface area (Å²) in [6.45, 7) is 3.32. The van der Waals surface area contributed by atoms with Crippen molar-refractivity contribution in [2.45, 2.75) is 19.9 Å². The molecule has 1 aliphatic heterocycles. The highest BCUT2D eigenvalue weighted by Gasteiger charge is 2.34. The molecule has 2 rings (SSSR count). The number of hydrogen-bond acceptors (Lipinski definition) is 7. The molecular weight excluding hydrogens is 334 g/mol. The van der Waals surface area contributed by atoms with Gasteiger partial charge in [0.05, 0.1) is 30.3 Å². The number of allylic oxidation sites excluding steroid dienone is 1. The first-order chi connectivity index (χ1) is 11.8. The minimum absolute atomic E-state index is 0.0875. The van der Waals surface area contributed by atoms with Crippen LogP contribution in [0, 0.1) is 10.1 Å². The Labute approximate surface area is 142 Å². The van der Waals surface area contributed by atoms with Crippen molar-refractivity contribution in [3.05, 3.63) is 39.1 Å². The Balaban J connectivity index is 2.65. The summed E-state index contributed by atoms with van der Waals surface area (Å²) in [7, 11) is 1.18. The number of rotatable bonds is 5. The van der Waals surface area contributed by atoms with Crippen LogP contribution < -0.4 is 15.4 Å². The molecule has 1 aromatic rings. The van der Waals surface area contributed by atoms with Crippen molar-refractivity contribution in [3.8, 4) is 11.5 Å². The van der Waals surface area contributed by atoms with Gasteiger partial charge in [-0.2, -0.15) is 0 Å². The van der Waals surface area contributed by atoms with Crippen LogP contribution in [0.25, 0.3) is 0 Å². The topological polar surface area (TPSA) is 140 Å². The molecule has 3 N–H and O–H groups in total. The van der Waals surface area contributed by atoms with E-state index < -0.39 is 34.4 Å². The fraction of sp³-hybridized carbons (Fsp3) is 0.333. The van der Waals surface area contributed by atoms with Gasteiger partial charge >= 0.3 is 17.7 Å². The zero-order valence-electron chi connectivity index (χ0n) is 13.8. The third-order valence-corrected chi connectivity index (χ3v) is 3.58. The number of carbonyl (C=O) groups is 2. The number of urea groups is 1. The molecule has 1 aliphatic rings. The Morgan fingerprint density at radius 3 is 2.68 bits per heavy atom. The van der Waals surface area contributed by atoms with E-state index in [1.807, 2.05) is 0 Å². The van der Waals surface area contributed by atoms with E-state index in [0.717, 1.165) is 6.07 Å². The second-order valence-corrected chi connectivity index (χ2v) is 5.14. The molecule has 1 unspecified atom stereocenters. The second kappa shape index (κ2) is 7.07. The molecule has 0 aliphatic carbocycles. The number of hydrogen-bond donors (Lipinski definition) is 3. The lowest BCUT2D eigenvalue weighted by molar-refractivity contribution is -0.386. The van der Waals surface area contributed by atoms with Crippen LogP contribution in [0.3, 0.4) is 0 Å². The van der Waals surface area contributed by atoms with Crippen molar-refractivity contribution in [2.24, 2.45) is 0 Å². The average molecular weight is 351 g/mol. The SMILES string of the molecule is CCOc1cc(C2NC(=O)NC(C)=C2C(=O)OC)cc([N+](=O)[O-])c1O. The number of nitrogens with zero attached hydrogens (tertiary/aromatic N) is 1. The van der Waals surface area contributed by atoms with Gasteiger partial charge in [-0.25, -0.2) is 9.59 Å². The predicted octanol–water partition coefficient (Wildman–Crippen LogP) is 1.50. The van der Waals surface area contributed by atoms with Crippen molar-refractivity contribution < 1.29 is 29.1 Å². The second-order valence-electron chi connectivity index (χ2n) is 5.14. The predicted molar refractivity (Wildman–Crippen MR) is 85.1 cm³/mol. The summed E-state index contributed by atoms with van der Waals surface area (Å²) in [5, 5.41) is 26.1. The molecule has 0 radical (unpaired) electrons. The van der Waals surface area contributed by atoms with Crippen LogP contribution in [0.4, 0.5) is 10.5 Å². The lowest BCUT2D eigenvalue weighted by Gasteiger charge is -2.28. The summed E-state index contributed by atoms with van der Waals surface area (Å²) in [6, 6.07) is 0.825. The number of methoxy groups -OCH3 is 1. The Morgan fingerprint density at radius 2 is 2.12 bits per heavy atom. The standard InChI is InChI=1S/C15H17N3O7/c1-4-25-10-6-8(5-9(13(10)19)18(22)23)12-11(14(20)24-3)7(2)16-15(21)17-12/h5-6,12,19H,4H2,1-3H3,(H2,16,17,21). The van der Waals surface area contributed by atoms with Gasteiger partial charge in [0, 0.05) is 11.8 Å². The summed E-state index contributed by atoms with van der Waals surface area (Å²) < 4.78 is 9.94. The summed E-state index contributed by atoms with van der Waals surface area (Å²) >= 11 is 0. The Bertz CT molecular complexity index is 773. The number of nitro benzene ring substituents is 1.